The standard InChI is InChI=1S/C32H30N4O4S2/c1-4-40-27-15-11-24(12-16-27)21-33-36(32-34-29-19-10-23(2)20-30(29)41-32)31(37)26-13-17-28(18-14-26)42(38,39)35(3)22-25-8-6-5-7-9-25/h5-21H,4,22H2,1-3H3/b33-21+. The van der Waals surface area contributed by atoms with E-state index in [4.69, 9.17) is 4.74 Å². The van der Waals surface area contributed by atoms with Gasteiger partial charge in [0.2, 0.25) is 15.2 Å². The van der Waals surface area contributed by atoms with Gasteiger partial charge in [-0.15, -0.1) is 0 Å². The minimum Gasteiger partial charge on any atom is -0.494 e. The second kappa shape index (κ2) is 12.6. The lowest BCUT2D eigenvalue weighted by Gasteiger charge is -2.18. The molecule has 0 bridgehead atoms. The van der Waals surface area contributed by atoms with Crippen LogP contribution in [0.2, 0.25) is 0 Å². The summed E-state index contributed by atoms with van der Waals surface area (Å²) in [6, 6.07) is 28.5. The van der Waals surface area contributed by atoms with Gasteiger partial charge in [0.25, 0.3) is 5.91 Å². The Bertz CT molecular complexity index is 1820. The van der Waals surface area contributed by atoms with E-state index in [1.165, 1.54) is 52.0 Å². The van der Waals surface area contributed by atoms with E-state index in [9.17, 15) is 13.2 Å². The van der Waals surface area contributed by atoms with Crippen LogP contribution in [0.25, 0.3) is 10.2 Å². The summed E-state index contributed by atoms with van der Waals surface area (Å²) in [4.78, 5) is 18.5. The maximum Gasteiger partial charge on any atom is 0.280 e. The molecule has 5 rings (SSSR count). The molecule has 1 aromatic heterocycles. The van der Waals surface area contributed by atoms with Gasteiger partial charge in [0.1, 0.15) is 5.75 Å². The van der Waals surface area contributed by atoms with Crippen LogP contribution >= 0.6 is 11.3 Å². The lowest BCUT2D eigenvalue weighted by molar-refractivity contribution is 0.0987. The van der Waals surface area contributed by atoms with Crippen molar-refractivity contribution in [2.24, 2.45) is 5.10 Å². The first-order valence-corrected chi connectivity index (χ1v) is 15.6. The van der Waals surface area contributed by atoms with Crippen LogP contribution in [-0.4, -0.2) is 43.5 Å². The number of aromatic nitrogens is 1. The highest BCUT2D eigenvalue weighted by Gasteiger charge is 2.24. The van der Waals surface area contributed by atoms with Crippen molar-refractivity contribution in [3.05, 3.63) is 119 Å². The van der Waals surface area contributed by atoms with Crippen molar-refractivity contribution in [2.45, 2.75) is 25.3 Å². The summed E-state index contributed by atoms with van der Waals surface area (Å²) in [6.45, 7) is 4.72. The van der Waals surface area contributed by atoms with Crippen LogP contribution in [0.4, 0.5) is 5.13 Å². The fraction of sp³-hybridized carbons (Fsp3) is 0.156. The number of fused-ring (bicyclic) bond motifs is 1. The Labute approximate surface area is 249 Å². The number of amides is 1. The maximum atomic E-state index is 13.8. The molecule has 8 nitrogen and oxygen atoms in total. The van der Waals surface area contributed by atoms with Gasteiger partial charge >= 0.3 is 0 Å². The number of aryl methyl sites for hydroxylation is 1. The number of carbonyl (C=O) groups excluding carboxylic acids is 1. The lowest BCUT2D eigenvalue weighted by Crippen LogP contribution is -2.27. The number of hydrazone groups is 1. The highest BCUT2D eigenvalue weighted by molar-refractivity contribution is 7.89. The first-order chi connectivity index (χ1) is 20.2. The van der Waals surface area contributed by atoms with E-state index in [-0.39, 0.29) is 17.0 Å². The van der Waals surface area contributed by atoms with Gasteiger partial charge in [0.05, 0.1) is 27.9 Å². The van der Waals surface area contributed by atoms with E-state index in [1.807, 2.05) is 86.6 Å². The molecule has 0 radical (unpaired) electrons. The number of anilines is 1. The number of thiazole rings is 1. The van der Waals surface area contributed by atoms with Crippen molar-refractivity contribution >= 4 is 48.8 Å². The SMILES string of the molecule is CCOc1ccc(/C=N/N(C(=O)c2ccc(S(=O)(=O)N(C)Cc3ccccc3)cc2)c2nc3ccc(C)cc3s2)cc1. The molecule has 1 heterocycles. The third kappa shape index (κ3) is 6.57. The molecule has 5 aromatic rings. The zero-order valence-electron chi connectivity index (χ0n) is 23.5. The minimum atomic E-state index is -3.77. The van der Waals surface area contributed by atoms with E-state index in [2.05, 4.69) is 10.1 Å². The molecule has 4 aromatic carbocycles. The monoisotopic (exact) mass is 598 g/mol. The van der Waals surface area contributed by atoms with Crippen molar-refractivity contribution < 1.29 is 17.9 Å². The number of hydrogen-bond donors (Lipinski definition) is 0. The highest BCUT2D eigenvalue weighted by atomic mass is 32.2. The molecule has 42 heavy (non-hydrogen) atoms. The quantitative estimate of drug-likeness (QED) is 0.135. The number of rotatable bonds is 10. The Morgan fingerprint density at radius 3 is 2.38 bits per heavy atom. The minimum absolute atomic E-state index is 0.0948. The van der Waals surface area contributed by atoms with Crippen molar-refractivity contribution in [3.63, 3.8) is 0 Å². The van der Waals surface area contributed by atoms with Crippen LogP contribution in [-0.2, 0) is 16.6 Å². The average Bonchev–Trinajstić information content (AvgIpc) is 3.41. The third-order valence-corrected chi connectivity index (χ3v) is 9.29. The molecule has 0 aliphatic heterocycles. The highest BCUT2D eigenvalue weighted by Crippen LogP contribution is 2.31. The van der Waals surface area contributed by atoms with Gasteiger partial charge in [-0.1, -0.05) is 47.7 Å². The van der Waals surface area contributed by atoms with Crippen molar-refractivity contribution in [1.29, 1.82) is 0 Å². The molecule has 1 amide bonds. The molecule has 0 spiro atoms. The van der Waals surface area contributed by atoms with Gasteiger partial charge < -0.3 is 4.74 Å². The molecule has 0 saturated carbocycles. The molecule has 0 aliphatic rings. The second-order valence-electron chi connectivity index (χ2n) is 9.60. The third-order valence-electron chi connectivity index (χ3n) is 6.48. The van der Waals surface area contributed by atoms with Crippen LogP contribution in [0.5, 0.6) is 5.75 Å². The molecule has 0 saturated heterocycles. The molecule has 0 atom stereocenters. The number of benzene rings is 4. The summed E-state index contributed by atoms with van der Waals surface area (Å²) in [5, 5.41) is 6.18. The van der Waals surface area contributed by atoms with E-state index in [0.29, 0.717) is 11.7 Å². The molecule has 10 heteroatoms. The first-order valence-electron chi connectivity index (χ1n) is 13.3. The largest absolute Gasteiger partial charge is 0.494 e. The maximum absolute atomic E-state index is 13.8. The smallest absolute Gasteiger partial charge is 0.280 e. The molecule has 214 valence electrons. The van der Waals surface area contributed by atoms with Crippen molar-refractivity contribution in [1.82, 2.24) is 9.29 Å². The Morgan fingerprint density at radius 1 is 0.976 bits per heavy atom. The molecule has 0 N–H and O–H groups in total. The van der Waals surface area contributed by atoms with E-state index < -0.39 is 15.9 Å². The van der Waals surface area contributed by atoms with Gasteiger partial charge in [0.15, 0.2) is 0 Å². The predicted molar refractivity (Wildman–Crippen MR) is 168 cm³/mol. The fourth-order valence-corrected chi connectivity index (χ4v) is 6.42. The number of hydrogen-bond acceptors (Lipinski definition) is 7. The Morgan fingerprint density at radius 2 is 1.69 bits per heavy atom. The van der Waals surface area contributed by atoms with Crippen LogP contribution in [0.3, 0.4) is 0 Å². The van der Waals surface area contributed by atoms with E-state index in [1.54, 1.807) is 6.21 Å². The summed E-state index contributed by atoms with van der Waals surface area (Å²) >= 11 is 1.36. The summed E-state index contributed by atoms with van der Waals surface area (Å²) in [5.41, 5.74) is 3.78. The normalized spacial score (nSPS) is 11.8. The summed E-state index contributed by atoms with van der Waals surface area (Å²) in [6.07, 6.45) is 1.59. The van der Waals surface area contributed by atoms with Gasteiger partial charge in [0, 0.05) is 19.2 Å². The van der Waals surface area contributed by atoms with Gasteiger partial charge in [-0.05, 0) is 91.2 Å². The lowest BCUT2D eigenvalue weighted by atomic mass is 10.2. The van der Waals surface area contributed by atoms with Gasteiger partial charge in [-0.25, -0.2) is 13.4 Å². The van der Waals surface area contributed by atoms with E-state index in [0.717, 1.165) is 32.7 Å². The Kier molecular flexibility index (Phi) is 8.77. The molecular formula is C32H30N4O4S2. The molecule has 0 unspecified atom stereocenters. The van der Waals surface area contributed by atoms with Crippen LogP contribution < -0.4 is 9.75 Å². The van der Waals surface area contributed by atoms with Crippen molar-refractivity contribution in [2.75, 3.05) is 18.7 Å². The average molecular weight is 599 g/mol. The molecule has 0 fully saturated rings. The van der Waals surface area contributed by atoms with Gasteiger partial charge in [-0.2, -0.15) is 14.4 Å². The topological polar surface area (TPSA) is 92.2 Å². The van der Waals surface area contributed by atoms with Crippen LogP contribution in [0, 0.1) is 6.92 Å². The van der Waals surface area contributed by atoms with Gasteiger partial charge in [-0.3, -0.25) is 4.79 Å². The first kappa shape index (κ1) is 29.1. The molecular weight excluding hydrogens is 569 g/mol. The summed E-state index contributed by atoms with van der Waals surface area (Å²) in [7, 11) is -2.23. The molecule has 0 aliphatic carbocycles. The number of sulfonamides is 1. The summed E-state index contributed by atoms with van der Waals surface area (Å²) < 4.78 is 34.2. The Hall–Kier alpha value is -4.38. The summed E-state index contributed by atoms with van der Waals surface area (Å²) in [5.74, 6) is 0.308. The second-order valence-corrected chi connectivity index (χ2v) is 12.7. The van der Waals surface area contributed by atoms with Crippen LogP contribution in [0.15, 0.2) is 107 Å². The number of nitrogens with zero attached hydrogens (tertiary/aromatic N) is 4. The zero-order chi connectivity index (χ0) is 29.7. The Balaban J connectivity index is 1.43. The number of ether oxygens (including phenoxy) is 1. The van der Waals surface area contributed by atoms with Crippen LogP contribution in [0.1, 0.15) is 34.0 Å². The fourth-order valence-electron chi connectivity index (χ4n) is 4.24. The zero-order valence-corrected chi connectivity index (χ0v) is 25.1. The number of carbonyl (C=O) groups is 1. The van der Waals surface area contributed by atoms with E-state index >= 15 is 0 Å². The van der Waals surface area contributed by atoms with Crippen molar-refractivity contribution in [3.8, 4) is 5.75 Å². The predicted octanol–water partition coefficient (Wildman–Crippen LogP) is 6.51.